The van der Waals surface area contributed by atoms with Crippen LogP contribution in [-0.2, 0) is 16.8 Å². The van der Waals surface area contributed by atoms with E-state index in [2.05, 4.69) is 5.32 Å². The van der Waals surface area contributed by atoms with Crippen molar-refractivity contribution in [3.63, 3.8) is 0 Å². The molecule has 0 radical (unpaired) electrons. The van der Waals surface area contributed by atoms with E-state index in [0.29, 0.717) is 24.0 Å². The highest BCUT2D eigenvalue weighted by Crippen LogP contribution is 2.40. The normalized spacial score (nSPS) is 26.9. The molecule has 1 aromatic rings. The van der Waals surface area contributed by atoms with Crippen molar-refractivity contribution in [2.75, 3.05) is 0 Å². The summed E-state index contributed by atoms with van der Waals surface area (Å²) < 4.78 is 13.6. The van der Waals surface area contributed by atoms with Gasteiger partial charge in [-0.1, -0.05) is 12.1 Å². The molecule has 1 unspecified atom stereocenters. The quantitative estimate of drug-likeness (QED) is 0.840. The van der Waals surface area contributed by atoms with Crippen molar-refractivity contribution in [2.24, 2.45) is 0 Å². The number of carboxylic acid groups (broad SMARTS) is 1. The summed E-state index contributed by atoms with van der Waals surface area (Å²) in [6.07, 6.45) is 2.96. The van der Waals surface area contributed by atoms with Crippen LogP contribution in [0.4, 0.5) is 4.39 Å². The lowest BCUT2D eigenvalue weighted by Crippen LogP contribution is -2.48. The number of carbonyl (C=O) groups is 1. The molecule has 90 valence electrons. The fraction of sp³-hybridized carbons (Fsp3) is 0.462. The van der Waals surface area contributed by atoms with E-state index in [1.165, 1.54) is 6.07 Å². The molecule has 0 saturated heterocycles. The topological polar surface area (TPSA) is 49.3 Å². The number of fused-ring (bicyclic) bond motifs is 1. The van der Waals surface area contributed by atoms with Crippen LogP contribution in [-0.4, -0.2) is 17.1 Å². The van der Waals surface area contributed by atoms with E-state index in [-0.39, 0.29) is 11.9 Å². The Hall–Kier alpha value is -1.42. The van der Waals surface area contributed by atoms with Crippen molar-refractivity contribution in [1.82, 2.24) is 5.32 Å². The predicted octanol–water partition coefficient (Wildman–Crippen LogP) is 1.80. The molecule has 1 aromatic carbocycles. The molecule has 0 bridgehead atoms. The van der Waals surface area contributed by atoms with Gasteiger partial charge in [-0.25, -0.2) is 9.18 Å². The van der Waals surface area contributed by atoms with E-state index in [0.717, 1.165) is 12.8 Å². The number of carboxylic acids is 1. The van der Waals surface area contributed by atoms with Crippen molar-refractivity contribution in [1.29, 1.82) is 0 Å². The van der Waals surface area contributed by atoms with Gasteiger partial charge in [0.2, 0.25) is 0 Å². The number of aliphatic carboxylic acids is 1. The lowest BCUT2D eigenvalue weighted by Gasteiger charge is -2.27. The molecule has 2 aliphatic rings. The lowest BCUT2D eigenvalue weighted by molar-refractivity contribution is -0.145. The molecule has 0 amide bonds. The van der Waals surface area contributed by atoms with Gasteiger partial charge in [-0.15, -0.1) is 0 Å². The SMILES string of the molecule is O=C(O)C1(NC2CC2)CCc2c(F)cccc21. The highest BCUT2D eigenvalue weighted by molar-refractivity contribution is 5.82. The Morgan fingerprint density at radius 1 is 1.47 bits per heavy atom. The summed E-state index contributed by atoms with van der Waals surface area (Å²) >= 11 is 0. The van der Waals surface area contributed by atoms with Gasteiger partial charge in [0, 0.05) is 6.04 Å². The molecule has 1 atom stereocenters. The van der Waals surface area contributed by atoms with E-state index in [9.17, 15) is 14.3 Å². The molecule has 3 nitrogen and oxygen atoms in total. The van der Waals surface area contributed by atoms with Gasteiger partial charge >= 0.3 is 5.97 Å². The molecular weight excluding hydrogens is 221 g/mol. The number of rotatable bonds is 3. The zero-order valence-electron chi connectivity index (χ0n) is 9.37. The van der Waals surface area contributed by atoms with E-state index in [4.69, 9.17) is 0 Å². The van der Waals surface area contributed by atoms with Crippen LogP contribution in [0.25, 0.3) is 0 Å². The first-order chi connectivity index (χ1) is 8.13. The Morgan fingerprint density at radius 3 is 2.88 bits per heavy atom. The van der Waals surface area contributed by atoms with Crippen molar-refractivity contribution < 1.29 is 14.3 Å². The highest BCUT2D eigenvalue weighted by atomic mass is 19.1. The molecule has 2 aliphatic carbocycles. The van der Waals surface area contributed by atoms with Crippen LogP contribution in [0.15, 0.2) is 18.2 Å². The van der Waals surface area contributed by atoms with Crippen LogP contribution in [0, 0.1) is 5.82 Å². The Kier molecular flexibility index (Phi) is 2.23. The Morgan fingerprint density at radius 2 is 2.24 bits per heavy atom. The number of nitrogens with one attached hydrogen (secondary N) is 1. The van der Waals surface area contributed by atoms with Gasteiger partial charge in [-0.3, -0.25) is 5.32 Å². The standard InChI is InChI=1S/C13H14FNO2/c14-11-3-1-2-10-9(11)6-7-13(10,12(16)17)15-8-4-5-8/h1-3,8,15H,4-7H2,(H,16,17). The minimum atomic E-state index is -1.07. The second-order valence-electron chi connectivity index (χ2n) is 4.90. The summed E-state index contributed by atoms with van der Waals surface area (Å²) in [5, 5.41) is 12.7. The van der Waals surface area contributed by atoms with Gasteiger partial charge in [0.05, 0.1) is 0 Å². The average Bonchev–Trinajstić information content (AvgIpc) is 3.00. The maximum Gasteiger partial charge on any atom is 0.328 e. The van der Waals surface area contributed by atoms with E-state index in [1.54, 1.807) is 12.1 Å². The summed E-state index contributed by atoms with van der Waals surface area (Å²) in [6.45, 7) is 0. The minimum Gasteiger partial charge on any atom is -0.480 e. The van der Waals surface area contributed by atoms with Gasteiger partial charge in [0.15, 0.2) is 0 Å². The third-order valence-corrected chi connectivity index (χ3v) is 3.72. The van der Waals surface area contributed by atoms with E-state index in [1.807, 2.05) is 0 Å². The van der Waals surface area contributed by atoms with Crippen LogP contribution >= 0.6 is 0 Å². The smallest absolute Gasteiger partial charge is 0.328 e. The Balaban J connectivity index is 2.08. The summed E-state index contributed by atoms with van der Waals surface area (Å²) in [6, 6.07) is 4.99. The first-order valence-electron chi connectivity index (χ1n) is 5.92. The van der Waals surface area contributed by atoms with E-state index < -0.39 is 11.5 Å². The third kappa shape index (κ3) is 1.55. The second-order valence-corrected chi connectivity index (χ2v) is 4.90. The van der Waals surface area contributed by atoms with Gasteiger partial charge in [-0.05, 0) is 42.9 Å². The monoisotopic (exact) mass is 235 g/mol. The third-order valence-electron chi connectivity index (χ3n) is 3.72. The lowest BCUT2D eigenvalue weighted by atomic mass is 9.91. The second kappa shape index (κ2) is 3.53. The fourth-order valence-electron chi connectivity index (χ4n) is 2.67. The zero-order chi connectivity index (χ0) is 12.0. The van der Waals surface area contributed by atoms with Crippen LogP contribution < -0.4 is 5.32 Å². The summed E-state index contributed by atoms with van der Waals surface area (Å²) in [7, 11) is 0. The molecule has 2 N–H and O–H groups in total. The molecular formula is C13H14FNO2. The maximum atomic E-state index is 13.6. The number of hydrogen-bond acceptors (Lipinski definition) is 2. The van der Waals surface area contributed by atoms with Gasteiger partial charge in [0.1, 0.15) is 11.4 Å². The van der Waals surface area contributed by atoms with Crippen LogP contribution in [0.5, 0.6) is 0 Å². The molecule has 0 aliphatic heterocycles. The zero-order valence-corrected chi connectivity index (χ0v) is 9.37. The summed E-state index contributed by atoms with van der Waals surface area (Å²) in [5.41, 5.74) is 0.0958. The van der Waals surface area contributed by atoms with Crippen molar-refractivity contribution in [3.8, 4) is 0 Å². The van der Waals surface area contributed by atoms with Gasteiger partial charge in [0.25, 0.3) is 0 Å². The molecule has 0 aromatic heterocycles. The Labute approximate surface area is 98.6 Å². The first-order valence-corrected chi connectivity index (χ1v) is 5.92. The van der Waals surface area contributed by atoms with Crippen LogP contribution in [0.2, 0.25) is 0 Å². The van der Waals surface area contributed by atoms with E-state index >= 15 is 0 Å². The van der Waals surface area contributed by atoms with Crippen LogP contribution in [0.1, 0.15) is 30.4 Å². The summed E-state index contributed by atoms with van der Waals surface area (Å²) in [4.78, 5) is 11.6. The Bertz CT molecular complexity index is 484. The molecule has 1 fully saturated rings. The van der Waals surface area contributed by atoms with Crippen molar-refractivity contribution in [3.05, 3.63) is 35.1 Å². The molecule has 0 spiro atoms. The minimum absolute atomic E-state index is 0.278. The molecule has 1 saturated carbocycles. The highest BCUT2D eigenvalue weighted by Gasteiger charge is 2.48. The van der Waals surface area contributed by atoms with Crippen LogP contribution in [0.3, 0.4) is 0 Å². The van der Waals surface area contributed by atoms with Gasteiger partial charge < -0.3 is 5.11 Å². The molecule has 0 heterocycles. The summed E-state index contributed by atoms with van der Waals surface area (Å²) in [5.74, 6) is -1.18. The maximum absolute atomic E-state index is 13.6. The van der Waals surface area contributed by atoms with Crippen molar-refractivity contribution >= 4 is 5.97 Å². The fourth-order valence-corrected chi connectivity index (χ4v) is 2.67. The average molecular weight is 235 g/mol. The van der Waals surface area contributed by atoms with Crippen molar-refractivity contribution in [2.45, 2.75) is 37.3 Å². The molecule has 4 heteroatoms. The van der Waals surface area contributed by atoms with Gasteiger partial charge in [-0.2, -0.15) is 0 Å². The predicted molar refractivity (Wildman–Crippen MR) is 60.2 cm³/mol. The largest absolute Gasteiger partial charge is 0.480 e. The molecule has 3 rings (SSSR count). The number of benzene rings is 1. The number of hydrogen-bond donors (Lipinski definition) is 2. The number of halogens is 1. The first kappa shape index (κ1) is 10.7. The molecule has 17 heavy (non-hydrogen) atoms.